The summed E-state index contributed by atoms with van der Waals surface area (Å²) in [4.78, 5) is 22.6. The number of nitro groups is 1. The Morgan fingerprint density at radius 2 is 1.71 bits per heavy atom. The van der Waals surface area contributed by atoms with Gasteiger partial charge in [-0.05, 0) is 36.6 Å². The lowest BCUT2D eigenvalue weighted by Gasteiger charge is -2.15. The summed E-state index contributed by atoms with van der Waals surface area (Å²) < 4.78 is 5.60. The first kappa shape index (κ1) is 17.5. The Morgan fingerprint density at radius 3 is 2.29 bits per heavy atom. The third-order valence-electron chi connectivity index (χ3n) is 3.59. The van der Waals surface area contributed by atoms with Crippen LogP contribution in [-0.4, -0.2) is 16.9 Å². The Balaban J connectivity index is 2.03. The topological polar surface area (TPSA) is 81.5 Å². The molecule has 1 amide bonds. The second-order valence-corrected chi connectivity index (χ2v) is 5.75. The van der Waals surface area contributed by atoms with E-state index in [0.717, 1.165) is 0 Å². The zero-order valence-electron chi connectivity index (χ0n) is 13.9. The number of amides is 1. The van der Waals surface area contributed by atoms with Crippen LogP contribution >= 0.6 is 0 Å². The van der Waals surface area contributed by atoms with Crippen molar-refractivity contribution in [3.05, 3.63) is 64.2 Å². The molecule has 1 atom stereocenters. The predicted molar refractivity (Wildman–Crippen MR) is 92.3 cm³/mol. The van der Waals surface area contributed by atoms with Crippen molar-refractivity contribution in [2.24, 2.45) is 0 Å². The molecule has 6 nitrogen and oxygen atoms in total. The minimum Gasteiger partial charge on any atom is -0.481 e. The average molecular weight is 328 g/mol. The van der Waals surface area contributed by atoms with E-state index < -0.39 is 16.9 Å². The van der Waals surface area contributed by atoms with Crippen LogP contribution in [0.4, 0.5) is 11.4 Å². The third-order valence-corrected chi connectivity index (χ3v) is 3.59. The highest BCUT2D eigenvalue weighted by Gasteiger charge is 2.19. The molecule has 0 heterocycles. The molecule has 0 aliphatic heterocycles. The fourth-order valence-electron chi connectivity index (χ4n) is 2.16. The molecule has 24 heavy (non-hydrogen) atoms. The number of rotatable bonds is 6. The van der Waals surface area contributed by atoms with Crippen LogP contribution < -0.4 is 10.1 Å². The maximum absolute atomic E-state index is 12.2. The van der Waals surface area contributed by atoms with Gasteiger partial charge in [0.25, 0.3) is 11.6 Å². The summed E-state index contributed by atoms with van der Waals surface area (Å²) >= 11 is 0. The van der Waals surface area contributed by atoms with Crippen molar-refractivity contribution in [3.63, 3.8) is 0 Å². The number of nitro benzene ring substituents is 1. The number of hydrogen-bond acceptors (Lipinski definition) is 4. The first-order valence-corrected chi connectivity index (χ1v) is 7.69. The zero-order valence-corrected chi connectivity index (χ0v) is 13.9. The number of carbonyl (C=O) groups is 1. The molecular weight excluding hydrogens is 308 g/mol. The monoisotopic (exact) mass is 328 g/mol. The van der Waals surface area contributed by atoms with Crippen LogP contribution in [0.2, 0.25) is 0 Å². The molecule has 0 saturated heterocycles. The van der Waals surface area contributed by atoms with Crippen molar-refractivity contribution in [3.8, 4) is 5.75 Å². The van der Waals surface area contributed by atoms with E-state index in [1.807, 2.05) is 24.3 Å². The van der Waals surface area contributed by atoms with Crippen molar-refractivity contribution in [2.45, 2.75) is 32.8 Å². The van der Waals surface area contributed by atoms with E-state index in [1.54, 1.807) is 19.1 Å². The molecule has 0 fully saturated rings. The number of hydrogen-bond donors (Lipinski definition) is 1. The average Bonchev–Trinajstić information content (AvgIpc) is 2.55. The highest BCUT2D eigenvalue weighted by atomic mass is 16.6. The summed E-state index contributed by atoms with van der Waals surface area (Å²) in [7, 11) is 0. The van der Waals surface area contributed by atoms with Crippen LogP contribution in [0.5, 0.6) is 5.75 Å². The summed E-state index contributed by atoms with van der Waals surface area (Å²) in [5.41, 5.74) is 1.18. The van der Waals surface area contributed by atoms with Gasteiger partial charge >= 0.3 is 0 Å². The molecule has 126 valence electrons. The molecule has 1 N–H and O–H groups in total. The van der Waals surface area contributed by atoms with Crippen LogP contribution in [0.15, 0.2) is 48.5 Å². The second-order valence-electron chi connectivity index (χ2n) is 5.75. The maximum Gasteiger partial charge on any atom is 0.292 e. The lowest BCUT2D eigenvalue weighted by Crippen LogP contribution is -2.30. The van der Waals surface area contributed by atoms with Crippen LogP contribution in [-0.2, 0) is 4.79 Å². The van der Waals surface area contributed by atoms with Crippen molar-refractivity contribution < 1.29 is 14.5 Å². The lowest BCUT2D eigenvalue weighted by atomic mass is 10.0. The fraction of sp³-hybridized carbons (Fsp3) is 0.278. The number of para-hydroxylation sites is 2. The SMILES string of the molecule is CC(Oc1ccc(C(C)C)cc1)C(=O)Nc1ccccc1[N+](=O)[O-]. The standard InChI is InChI=1S/C18H20N2O4/c1-12(2)14-8-10-15(11-9-14)24-13(3)18(21)19-16-6-4-5-7-17(16)20(22)23/h4-13H,1-3H3,(H,19,21). The van der Waals surface area contributed by atoms with Gasteiger partial charge in [0.1, 0.15) is 11.4 Å². The molecule has 2 aromatic carbocycles. The first-order chi connectivity index (χ1) is 11.4. The van der Waals surface area contributed by atoms with Gasteiger partial charge < -0.3 is 10.1 Å². The van der Waals surface area contributed by atoms with Crippen molar-refractivity contribution in [2.75, 3.05) is 5.32 Å². The van der Waals surface area contributed by atoms with E-state index in [0.29, 0.717) is 11.7 Å². The van der Waals surface area contributed by atoms with Gasteiger partial charge in [0, 0.05) is 6.07 Å². The van der Waals surface area contributed by atoms with Gasteiger partial charge in [-0.2, -0.15) is 0 Å². The molecule has 0 bridgehead atoms. The highest BCUT2D eigenvalue weighted by molar-refractivity contribution is 5.96. The summed E-state index contributed by atoms with van der Waals surface area (Å²) in [6.07, 6.45) is -0.783. The van der Waals surface area contributed by atoms with Crippen molar-refractivity contribution in [1.29, 1.82) is 0 Å². The Bertz CT molecular complexity index is 726. The normalized spacial score (nSPS) is 11.8. The lowest BCUT2D eigenvalue weighted by molar-refractivity contribution is -0.383. The van der Waals surface area contributed by atoms with Gasteiger partial charge in [0.2, 0.25) is 0 Å². The zero-order chi connectivity index (χ0) is 17.7. The first-order valence-electron chi connectivity index (χ1n) is 7.69. The second kappa shape index (κ2) is 7.59. The summed E-state index contributed by atoms with van der Waals surface area (Å²) in [6.45, 7) is 5.79. The van der Waals surface area contributed by atoms with E-state index in [1.165, 1.54) is 17.7 Å². The summed E-state index contributed by atoms with van der Waals surface area (Å²) in [5, 5.41) is 13.5. The molecular formula is C18H20N2O4. The number of benzene rings is 2. The summed E-state index contributed by atoms with van der Waals surface area (Å²) in [5.74, 6) is 0.542. The van der Waals surface area contributed by atoms with Crippen LogP contribution in [0, 0.1) is 10.1 Å². The molecule has 6 heteroatoms. The Kier molecular flexibility index (Phi) is 5.52. The van der Waals surface area contributed by atoms with Gasteiger partial charge in [-0.15, -0.1) is 0 Å². The summed E-state index contributed by atoms with van der Waals surface area (Å²) in [6, 6.07) is 13.5. The van der Waals surface area contributed by atoms with Crippen LogP contribution in [0.1, 0.15) is 32.3 Å². The van der Waals surface area contributed by atoms with E-state index >= 15 is 0 Å². The van der Waals surface area contributed by atoms with Gasteiger partial charge in [-0.1, -0.05) is 38.1 Å². The Morgan fingerprint density at radius 1 is 1.08 bits per heavy atom. The Hall–Kier alpha value is -2.89. The fourth-order valence-corrected chi connectivity index (χ4v) is 2.16. The largest absolute Gasteiger partial charge is 0.481 e. The molecule has 0 radical (unpaired) electrons. The molecule has 0 saturated carbocycles. The maximum atomic E-state index is 12.2. The smallest absolute Gasteiger partial charge is 0.292 e. The highest BCUT2D eigenvalue weighted by Crippen LogP contribution is 2.24. The number of nitrogens with one attached hydrogen (secondary N) is 1. The predicted octanol–water partition coefficient (Wildman–Crippen LogP) is 4.12. The number of carbonyl (C=O) groups excluding carboxylic acids is 1. The number of anilines is 1. The number of nitrogens with zero attached hydrogens (tertiary/aromatic N) is 1. The molecule has 0 spiro atoms. The van der Waals surface area contributed by atoms with E-state index in [4.69, 9.17) is 4.74 Å². The van der Waals surface area contributed by atoms with E-state index in [2.05, 4.69) is 19.2 Å². The third kappa shape index (κ3) is 4.32. The minimum atomic E-state index is -0.783. The van der Waals surface area contributed by atoms with E-state index in [-0.39, 0.29) is 11.4 Å². The molecule has 1 unspecified atom stereocenters. The van der Waals surface area contributed by atoms with Gasteiger partial charge in [0.15, 0.2) is 6.10 Å². The van der Waals surface area contributed by atoms with Crippen molar-refractivity contribution in [1.82, 2.24) is 0 Å². The van der Waals surface area contributed by atoms with Crippen LogP contribution in [0.3, 0.4) is 0 Å². The minimum absolute atomic E-state index is 0.151. The van der Waals surface area contributed by atoms with Crippen molar-refractivity contribution >= 4 is 17.3 Å². The van der Waals surface area contributed by atoms with E-state index in [9.17, 15) is 14.9 Å². The molecule has 0 aliphatic carbocycles. The van der Waals surface area contributed by atoms with Gasteiger partial charge in [-0.3, -0.25) is 14.9 Å². The molecule has 0 aromatic heterocycles. The van der Waals surface area contributed by atoms with Crippen LogP contribution in [0.25, 0.3) is 0 Å². The number of ether oxygens (including phenoxy) is 1. The molecule has 2 aromatic rings. The Labute approximate surface area is 140 Å². The quantitative estimate of drug-likeness (QED) is 0.638. The molecule has 0 aliphatic rings. The van der Waals surface area contributed by atoms with Gasteiger partial charge in [0.05, 0.1) is 4.92 Å². The molecule has 2 rings (SSSR count). The van der Waals surface area contributed by atoms with Gasteiger partial charge in [-0.25, -0.2) is 0 Å².